The molecule has 1 amide bonds. The molecule has 1 aromatic rings. The third-order valence-corrected chi connectivity index (χ3v) is 8.54. The Kier molecular flexibility index (Phi) is 5.72. The van der Waals surface area contributed by atoms with Gasteiger partial charge in [0, 0.05) is 55.2 Å². The zero-order valence-corrected chi connectivity index (χ0v) is 19.8. The van der Waals surface area contributed by atoms with Crippen molar-refractivity contribution in [2.24, 2.45) is 5.92 Å². The molecule has 2 aliphatic heterocycles. The van der Waals surface area contributed by atoms with E-state index in [9.17, 15) is 14.4 Å². The molecule has 0 aromatic heterocycles. The first-order valence-electron chi connectivity index (χ1n) is 13.0. The molecule has 1 unspecified atom stereocenters. The van der Waals surface area contributed by atoms with Crippen molar-refractivity contribution in [1.29, 1.82) is 0 Å². The van der Waals surface area contributed by atoms with Crippen LogP contribution in [0.1, 0.15) is 80.1 Å². The van der Waals surface area contributed by atoms with Gasteiger partial charge in [0.1, 0.15) is 5.78 Å². The van der Waals surface area contributed by atoms with Crippen molar-refractivity contribution in [3.8, 4) is 0 Å². The Bertz CT molecular complexity index is 987. The topological polar surface area (TPSA) is 76.2 Å². The van der Waals surface area contributed by atoms with Gasteiger partial charge in [0.2, 0.25) is 0 Å². The Morgan fingerprint density at radius 2 is 1.76 bits per heavy atom. The maximum atomic E-state index is 13.4. The lowest BCUT2D eigenvalue weighted by Gasteiger charge is -2.42. The zero-order chi connectivity index (χ0) is 23.3. The van der Waals surface area contributed by atoms with E-state index in [4.69, 9.17) is 9.47 Å². The van der Waals surface area contributed by atoms with Gasteiger partial charge >= 0.3 is 0 Å². The number of fused-ring (bicyclic) bond motifs is 1. The maximum absolute atomic E-state index is 13.4. The van der Waals surface area contributed by atoms with E-state index < -0.39 is 6.04 Å². The summed E-state index contributed by atoms with van der Waals surface area (Å²) in [6.07, 6.45) is 8.44. The number of Topliss-reactive ketones (excluding diaryl/α,β-unsaturated/α-hetero) is 2. The van der Waals surface area contributed by atoms with Gasteiger partial charge in [-0.1, -0.05) is 18.9 Å². The summed E-state index contributed by atoms with van der Waals surface area (Å²) in [6, 6.07) is 5.95. The molecule has 7 heteroatoms. The zero-order valence-electron chi connectivity index (χ0n) is 19.8. The van der Waals surface area contributed by atoms with E-state index in [-0.39, 0.29) is 29.7 Å². The molecule has 1 saturated heterocycles. The molecule has 4 fully saturated rings. The molecule has 34 heavy (non-hydrogen) atoms. The van der Waals surface area contributed by atoms with Crippen LogP contribution in [0, 0.1) is 5.92 Å². The molecular weight excluding hydrogens is 432 g/mol. The quantitative estimate of drug-likeness (QED) is 0.596. The van der Waals surface area contributed by atoms with Gasteiger partial charge in [-0.05, 0) is 43.7 Å². The molecule has 5 aliphatic rings. The highest BCUT2D eigenvalue weighted by Crippen LogP contribution is 2.42. The molecule has 1 spiro atoms. The molecule has 1 atom stereocenters. The summed E-state index contributed by atoms with van der Waals surface area (Å²) in [6.45, 7) is 2.82. The van der Waals surface area contributed by atoms with Crippen molar-refractivity contribution in [2.75, 3.05) is 24.7 Å². The molecule has 2 heterocycles. The van der Waals surface area contributed by atoms with E-state index in [1.54, 1.807) is 4.90 Å². The molecule has 0 radical (unpaired) electrons. The number of ketones is 2. The lowest BCUT2D eigenvalue weighted by atomic mass is 9.88. The molecule has 7 nitrogen and oxygen atoms in total. The Morgan fingerprint density at radius 1 is 1.00 bits per heavy atom. The molecule has 6 rings (SSSR count). The van der Waals surface area contributed by atoms with Gasteiger partial charge in [-0.15, -0.1) is 0 Å². The maximum Gasteiger partial charge on any atom is 0.255 e. The predicted octanol–water partition coefficient (Wildman–Crippen LogP) is 3.63. The van der Waals surface area contributed by atoms with E-state index in [1.807, 2.05) is 12.1 Å². The van der Waals surface area contributed by atoms with Crippen LogP contribution in [0.4, 0.5) is 5.69 Å². The fraction of sp³-hybridized carbons (Fsp3) is 0.667. The summed E-state index contributed by atoms with van der Waals surface area (Å²) >= 11 is 0. The van der Waals surface area contributed by atoms with Crippen LogP contribution in [0.25, 0.3) is 0 Å². The van der Waals surface area contributed by atoms with Crippen molar-refractivity contribution in [2.45, 2.75) is 88.6 Å². The summed E-state index contributed by atoms with van der Waals surface area (Å²) in [7, 11) is 0. The Hall–Kier alpha value is -2.25. The van der Waals surface area contributed by atoms with E-state index >= 15 is 0 Å². The number of rotatable bonds is 6. The number of carbonyl (C=O) groups excluding carboxylic acids is 3. The number of benzene rings is 1. The van der Waals surface area contributed by atoms with Gasteiger partial charge < -0.3 is 19.3 Å². The van der Waals surface area contributed by atoms with Crippen LogP contribution in [0.2, 0.25) is 0 Å². The fourth-order valence-electron chi connectivity index (χ4n) is 6.42. The third kappa shape index (κ3) is 4.07. The third-order valence-electron chi connectivity index (χ3n) is 8.54. The van der Waals surface area contributed by atoms with Crippen molar-refractivity contribution >= 4 is 23.2 Å². The van der Waals surface area contributed by atoms with Crippen LogP contribution in [-0.2, 0) is 25.6 Å². The number of nitrogens with zero attached hydrogens (tertiary/aromatic N) is 2. The van der Waals surface area contributed by atoms with Gasteiger partial charge in [-0.3, -0.25) is 14.4 Å². The number of amides is 1. The highest BCUT2D eigenvalue weighted by molar-refractivity contribution is 6.08. The van der Waals surface area contributed by atoms with E-state index in [0.29, 0.717) is 44.2 Å². The summed E-state index contributed by atoms with van der Waals surface area (Å²) in [5.41, 5.74) is 2.90. The predicted molar refractivity (Wildman–Crippen MR) is 126 cm³/mol. The minimum absolute atomic E-state index is 0.0114. The van der Waals surface area contributed by atoms with Crippen LogP contribution in [0.3, 0.4) is 0 Å². The van der Waals surface area contributed by atoms with Gasteiger partial charge in [-0.25, -0.2) is 0 Å². The van der Waals surface area contributed by atoms with Crippen LogP contribution < -0.4 is 4.90 Å². The Morgan fingerprint density at radius 3 is 2.47 bits per heavy atom. The van der Waals surface area contributed by atoms with Crippen LogP contribution in [0.5, 0.6) is 0 Å². The number of anilines is 1. The molecular formula is C27H34N2O5. The van der Waals surface area contributed by atoms with E-state index in [2.05, 4.69) is 11.0 Å². The van der Waals surface area contributed by atoms with E-state index in [1.165, 1.54) is 19.3 Å². The number of hydrogen-bond acceptors (Lipinski definition) is 6. The SMILES string of the molecule is O=C1CCC(N2Cc3c(cccc3N(CCC3CC3)C3CCC4(CC3)OCCO4)C2=O)C(=O)C1. The summed E-state index contributed by atoms with van der Waals surface area (Å²) in [4.78, 5) is 42.0. The van der Waals surface area contributed by atoms with Gasteiger partial charge in [0.15, 0.2) is 11.6 Å². The molecule has 0 N–H and O–H groups in total. The van der Waals surface area contributed by atoms with E-state index in [0.717, 1.165) is 49.4 Å². The summed E-state index contributed by atoms with van der Waals surface area (Å²) in [5, 5.41) is 0. The van der Waals surface area contributed by atoms with Crippen molar-refractivity contribution in [3.63, 3.8) is 0 Å². The first kappa shape index (κ1) is 22.2. The van der Waals surface area contributed by atoms with Crippen LogP contribution >= 0.6 is 0 Å². The first-order chi connectivity index (χ1) is 16.5. The lowest BCUT2D eigenvalue weighted by molar-refractivity contribution is -0.178. The van der Waals surface area contributed by atoms with Gasteiger partial charge in [-0.2, -0.15) is 0 Å². The van der Waals surface area contributed by atoms with Gasteiger partial charge in [0.05, 0.1) is 25.7 Å². The van der Waals surface area contributed by atoms with Gasteiger partial charge in [0.25, 0.3) is 5.91 Å². The largest absolute Gasteiger partial charge is 0.368 e. The molecule has 182 valence electrons. The number of carbonyl (C=O) groups is 3. The first-order valence-corrected chi connectivity index (χ1v) is 13.0. The minimum Gasteiger partial charge on any atom is -0.368 e. The summed E-state index contributed by atoms with van der Waals surface area (Å²) < 4.78 is 11.9. The number of ether oxygens (including phenoxy) is 2. The monoisotopic (exact) mass is 466 g/mol. The second kappa shape index (κ2) is 8.76. The highest BCUT2D eigenvalue weighted by atomic mass is 16.7. The second-order valence-corrected chi connectivity index (χ2v) is 10.7. The fourth-order valence-corrected chi connectivity index (χ4v) is 6.42. The smallest absolute Gasteiger partial charge is 0.255 e. The van der Waals surface area contributed by atoms with Crippen LogP contribution in [0.15, 0.2) is 18.2 Å². The molecule has 1 aromatic carbocycles. The standard InChI is InChI=1S/C27H34N2O5/c30-20-6-7-24(25(31)16-20)29-17-22-21(26(29)32)2-1-3-23(22)28(13-10-18-4-5-18)19-8-11-27(12-9-19)33-14-15-34-27/h1-3,18-19,24H,4-17H2. The average Bonchev–Trinajstić information content (AvgIpc) is 3.46. The number of hydrogen-bond donors (Lipinski definition) is 0. The van der Waals surface area contributed by atoms with Crippen LogP contribution in [-0.4, -0.2) is 60.0 Å². The second-order valence-electron chi connectivity index (χ2n) is 10.7. The van der Waals surface area contributed by atoms with Crippen molar-refractivity contribution < 1.29 is 23.9 Å². The molecule has 0 bridgehead atoms. The summed E-state index contributed by atoms with van der Waals surface area (Å²) in [5.74, 6) is 0.248. The Labute approximate surface area is 200 Å². The minimum atomic E-state index is -0.475. The molecule has 3 saturated carbocycles. The highest BCUT2D eigenvalue weighted by Gasteiger charge is 2.44. The average molecular weight is 467 g/mol. The lowest BCUT2D eigenvalue weighted by Crippen LogP contribution is -2.45. The Balaban J connectivity index is 1.25. The van der Waals surface area contributed by atoms with Crippen molar-refractivity contribution in [1.82, 2.24) is 4.90 Å². The van der Waals surface area contributed by atoms with Crippen molar-refractivity contribution in [3.05, 3.63) is 29.3 Å². The molecule has 3 aliphatic carbocycles. The normalized spacial score (nSPS) is 27.0.